The number of carboxylic acid groups (broad SMARTS) is 1. The Morgan fingerprint density at radius 1 is 1.05 bits per heavy atom. The molecular weight excluding hydrogens is 538 g/mol. The van der Waals surface area contributed by atoms with E-state index in [1.54, 1.807) is 9.80 Å². The third-order valence-corrected chi connectivity index (χ3v) is 8.43. The summed E-state index contributed by atoms with van der Waals surface area (Å²) in [5, 5.41) is 21.9. The van der Waals surface area contributed by atoms with Gasteiger partial charge in [-0.05, 0) is 54.2 Å². The molecule has 42 heavy (non-hydrogen) atoms. The first kappa shape index (κ1) is 28.1. The molecule has 11 heteroatoms. The summed E-state index contributed by atoms with van der Waals surface area (Å²) in [5.74, 6) is -0.702. The van der Waals surface area contributed by atoms with Crippen LogP contribution in [-0.2, 0) is 29.0 Å². The van der Waals surface area contributed by atoms with Crippen molar-refractivity contribution in [3.63, 3.8) is 0 Å². The lowest BCUT2D eigenvalue weighted by Crippen LogP contribution is -2.34. The Balaban J connectivity index is 1.18. The first-order valence-corrected chi connectivity index (χ1v) is 14.4. The molecule has 4 heterocycles. The number of aliphatic hydroxyl groups is 1. The fourth-order valence-electron chi connectivity index (χ4n) is 6.23. The number of oxazole rings is 1. The maximum atomic E-state index is 13.5. The second kappa shape index (κ2) is 11.7. The zero-order valence-electron chi connectivity index (χ0n) is 23.6. The molecule has 1 unspecified atom stereocenters. The molecule has 2 aromatic carbocycles. The van der Waals surface area contributed by atoms with Crippen molar-refractivity contribution in [2.75, 3.05) is 49.5 Å². The molecule has 0 spiro atoms. The van der Waals surface area contributed by atoms with Gasteiger partial charge in [0, 0.05) is 56.9 Å². The molecule has 0 saturated carbocycles. The van der Waals surface area contributed by atoms with Gasteiger partial charge in [0.1, 0.15) is 5.76 Å². The van der Waals surface area contributed by atoms with Gasteiger partial charge in [-0.15, -0.1) is 0 Å². The number of aliphatic carboxylic acids is 1. The Morgan fingerprint density at radius 3 is 2.64 bits per heavy atom. The molecule has 1 fully saturated rings. The van der Waals surface area contributed by atoms with E-state index in [1.807, 2.05) is 43.3 Å². The molecule has 0 radical (unpaired) electrons. The largest absolute Gasteiger partial charge is 0.480 e. The highest BCUT2D eigenvalue weighted by molar-refractivity contribution is 6.05. The van der Waals surface area contributed by atoms with Gasteiger partial charge in [-0.2, -0.15) is 0 Å². The summed E-state index contributed by atoms with van der Waals surface area (Å²) in [5.41, 5.74) is 6.28. The number of hydrogen-bond acceptors (Lipinski definition) is 8. The lowest BCUT2D eigenvalue weighted by atomic mass is 9.93. The van der Waals surface area contributed by atoms with Gasteiger partial charge in [-0.3, -0.25) is 19.3 Å². The molecular formula is C31H35N5O6. The number of carbonyl (C=O) groups is 3. The lowest BCUT2D eigenvalue weighted by molar-refractivity contribution is -0.138. The summed E-state index contributed by atoms with van der Waals surface area (Å²) in [6, 6.07) is 11.8. The Kier molecular flexibility index (Phi) is 7.80. The normalized spacial score (nSPS) is 18.6. The van der Waals surface area contributed by atoms with Crippen LogP contribution in [0.1, 0.15) is 46.1 Å². The van der Waals surface area contributed by atoms with Gasteiger partial charge in [-0.25, -0.2) is 4.98 Å². The van der Waals surface area contributed by atoms with E-state index in [0.717, 1.165) is 46.6 Å². The minimum atomic E-state index is -0.902. The first-order valence-electron chi connectivity index (χ1n) is 14.4. The number of likely N-dealkylation sites (tertiary alicyclic amines) is 1. The van der Waals surface area contributed by atoms with Crippen LogP contribution in [0, 0.1) is 6.92 Å². The molecule has 3 aliphatic heterocycles. The van der Waals surface area contributed by atoms with E-state index in [4.69, 9.17) is 9.52 Å². The highest BCUT2D eigenvalue weighted by Crippen LogP contribution is 2.39. The molecule has 0 aliphatic carbocycles. The number of fused-ring (bicyclic) bond motifs is 2. The van der Waals surface area contributed by atoms with Crippen LogP contribution >= 0.6 is 0 Å². The molecule has 1 atom stereocenters. The third-order valence-electron chi connectivity index (χ3n) is 8.43. The Hall–Kier alpha value is -4.06. The second-order valence-electron chi connectivity index (χ2n) is 11.3. The molecule has 6 rings (SSSR count). The molecule has 11 nitrogen and oxygen atoms in total. The number of aliphatic hydroxyl groups excluding tert-OH is 1. The lowest BCUT2D eigenvalue weighted by Gasteiger charge is -2.22. The van der Waals surface area contributed by atoms with Crippen LogP contribution in [0.2, 0.25) is 0 Å². The van der Waals surface area contributed by atoms with Crippen molar-refractivity contribution in [2.45, 2.75) is 45.3 Å². The average Bonchev–Trinajstić information content (AvgIpc) is 3.70. The van der Waals surface area contributed by atoms with E-state index in [-0.39, 0.29) is 30.4 Å². The van der Waals surface area contributed by atoms with Gasteiger partial charge in [0.05, 0.1) is 24.9 Å². The van der Waals surface area contributed by atoms with Crippen molar-refractivity contribution in [1.82, 2.24) is 14.8 Å². The number of aromatic nitrogens is 1. The molecule has 3 aliphatic rings. The minimum Gasteiger partial charge on any atom is -0.480 e. The van der Waals surface area contributed by atoms with E-state index in [0.29, 0.717) is 63.4 Å². The van der Waals surface area contributed by atoms with Crippen LogP contribution in [0.4, 0.5) is 11.4 Å². The van der Waals surface area contributed by atoms with Crippen LogP contribution in [-0.4, -0.2) is 88.2 Å². The van der Waals surface area contributed by atoms with Gasteiger partial charge in [0.25, 0.3) is 5.89 Å². The van der Waals surface area contributed by atoms with E-state index in [9.17, 15) is 19.5 Å². The van der Waals surface area contributed by atoms with Gasteiger partial charge in [0.2, 0.25) is 5.91 Å². The van der Waals surface area contributed by atoms with E-state index >= 15 is 0 Å². The number of hydrogen-bond donors (Lipinski definition) is 3. The predicted octanol–water partition coefficient (Wildman–Crippen LogP) is 2.69. The van der Waals surface area contributed by atoms with Gasteiger partial charge in [-0.1, -0.05) is 24.3 Å². The number of carboxylic acids is 1. The summed E-state index contributed by atoms with van der Waals surface area (Å²) in [6.45, 7) is 5.31. The van der Waals surface area contributed by atoms with E-state index in [2.05, 4.69) is 15.2 Å². The van der Waals surface area contributed by atoms with Crippen molar-refractivity contribution >= 4 is 29.2 Å². The number of amides is 2. The number of rotatable bonds is 8. The van der Waals surface area contributed by atoms with E-state index < -0.39 is 5.97 Å². The molecule has 0 bridgehead atoms. The number of nitrogens with one attached hydrogen (secondary N) is 1. The predicted molar refractivity (Wildman–Crippen MR) is 155 cm³/mol. The highest BCUT2D eigenvalue weighted by Gasteiger charge is 2.33. The number of β-amino-alcohol motifs (C(OH)–C–C–N with tert-alkyl or cyclic N) is 1. The number of benzene rings is 2. The Morgan fingerprint density at radius 2 is 1.86 bits per heavy atom. The number of nitrogens with zero attached hydrogens (tertiary/aromatic N) is 4. The maximum Gasteiger partial charge on any atom is 0.317 e. The number of carbonyl (C=O) groups excluding carboxylic acids is 2. The topological polar surface area (TPSA) is 139 Å². The molecule has 220 valence electrons. The zero-order valence-corrected chi connectivity index (χ0v) is 23.6. The summed E-state index contributed by atoms with van der Waals surface area (Å²) < 4.78 is 5.86. The third kappa shape index (κ3) is 5.67. The summed E-state index contributed by atoms with van der Waals surface area (Å²) in [4.78, 5) is 47.4. The van der Waals surface area contributed by atoms with Crippen LogP contribution in [0.3, 0.4) is 0 Å². The van der Waals surface area contributed by atoms with Crippen molar-refractivity contribution in [3.8, 4) is 11.1 Å². The smallest absolute Gasteiger partial charge is 0.317 e. The van der Waals surface area contributed by atoms with Gasteiger partial charge in [0.15, 0.2) is 0 Å². The molecule has 1 aromatic heterocycles. The van der Waals surface area contributed by atoms with E-state index in [1.165, 1.54) is 0 Å². The first-order chi connectivity index (χ1) is 20.3. The fraction of sp³-hybridized carbons (Fsp3) is 0.419. The minimum absolute atomic E-state index is 0.0276. The fourth-order valence-corrected chi connectivity index (χ4v) is 6.23. The molecule has 3 aromatic rings. The summed E-state index contributed by atoms with van der Waals surface area (Å²) in [7, 11) is 0. The van der Waals surface area contributed by atoms with Crippen LogP contribution in [0.25, 0.3) is 11.1 Å². The molecule has 2 amide bonds. The quantitative estimate of drug-likeness (QED) is 0.371. The standard InChI is InChI=1S/C31H35N5O6/c1-19-21(4-2-6-24(19)32-28(38)11-14-34-12-8-20(37)16-34)22-5-3-7-26-23(22)9-15-36(26)31(41)30-33-25-10-13-35(18-29(39)40)17-27(25)42-30/h2-7,20,37H,8-18H2,1H3,(H,32,38)(H,39,40). The average molecular weight is 574 g/mol. The highest BCUT2D eigenvalue weighted by atomic mass is 16.4. The van der Waals surface area contributed by atoms with Crippen LogP contribution in [0.15, 0.2) is 40.8 Å². The monoisotopic (exact) mass is 573 g/mol. The van der Waals surface area contributed by atoms with Crippen LogP contribution < -0.4 is 10.2 Å². The zero-order chi connectivity index (χ0) is 29.4. The number of anilines is 2. The Bertz CT molecular complexity index is 1530. The summed E-state index contributed by atoms with van der Waals surface area (Å²) in [6.07, 6.45) is 2.01. The Labute approximate surface area is 243 Å². The molecule has 3 N–H and O–H groups in total. The van der Waals surface area contributed by atoms with Crippen molar-refractivity contribution in [2.24, 2.45) is 0 Å². The van der Waals surface area contributed by atoms with Crippen molar-refractivity contribution in [1.29, 1.82) is 0 Å². The summed E-state index contributed by atoms with van der Waals surface area (Å²) >= 11 is 0. The SMILES string of the molecule is Cc1c(NC(=O)CCN2CCC(O)C2)cccc1-c1cccc2c1CCN2C(=O)c1nc2c(o1)CN(CC(=O)O)CC2. The second-order valence-corrected chi connectivity index (χ2v) is 11.3. The van der Waals surface area contributed by atoms with Crippen LogP contribution in [0.5, 0.6) is 0 Å². The van der Waals surface area contributed by atoms with Gasteiger partial charge >= 0.3 is 11.9 Å². The molecule has 1 saturated heterocycles. The van der Waals surface area contributed by atoms with Crippen molar-refractivity contribution < 1.29 is 29.0 Å². The maximum absolute atomic E-state index is 13.5. The van der Waals surface area contributed by atoms with Gasteiger partial charge < -0.3 is 29.7 Å². The van der Waals surface area contributed by atoms with Crippen molar-refractivity contribution in [3.05, 3.63) is 64.9 Å².